The van der Waals surface area contributed by atoms with Crippen LogP contribution in [0.5, 0.6) is 0 Å². The molecule has 3 unspecified atom stereocenters. The highest BCUT2D eigenvalue weighted by molar-refractivity contribution is 5.63. The van der Waals surface area contributed by atoms with Gasteiger partial charge in [-0.25, -0.2) is 0 Å². The van der Waals surface area contributed by atoms with Crippen LogP contribution in [0.15, 0.2) is 5.10 Å². The zero-order valence-electron chi connectivity index (χ0n) is 9.83. The largest absolute Gasteiger partial charge is 0.297 e. The standard InChI is InChI=1S/C12H22N2/c1-12(2,3)10-6-5-9-8-13-14(4)11(9)7-10/h8-11H,5-7H2,1-4H3. The number of nitrogens with zero attached hydrogens (tertiary/aromatic N) is 2. The Morgan fingerprint density at radius 2 is 2.00 bits per heavy atom. The van der Waals surface area contributed by atoms with Crippen LogP contribution >= 0.6 is 0 Å². The second-order valence-electron chi connectivity index (χ2n) is 5.95. The van der Waals surface area contributed by atoms with Crippen LogP contribution in [0.3, 0.4) is 0 Å². The van der Waals surface area contributed by atoms with Crippen LogP contribution in [-0.2, 0) is 0 Å². The predicted octanol–water partition coefficient (Wildman–Crippen LogP) is 2.75. The van der Waals surface area contributed by atoms with E-state index in [-0.39, 0.29) is 0 Å². The Bertz CT molecular complexity index is 239. The molecule has 0 N–H and O–H groups in total. The van der Waals surface area contributed by atoms with Gasteiger partial charge >= 0.3 is 0 Å². The van der Waals surface area contributed by atoms with Gasteiger partial charge in [-0.05, 0) is 30.6 Å². The van der Waals surface area contributed by atoms with Gasteiger partial charge in [-0.3, -0.25) is 5.01 Å². The minimum absolute atomic E-state index is 0.467. The van der Waals surface area contributed by atoms with Crippen molar-refractivity contribution < 1.29 is 0 Å². The molecule has 0 aromatic rings. The molecule has 2 aliphatic rings. The zero-order valence-corrected chi connectivity index (χ0v) is 9.83. The molecule has 0 aromatic heterocycles. The van der Waals surface area contributed by atoms with Crippen LogP contribution in [0.4, 0.5) is 0 Å². The molecule has 2 rings (SSSR count). The first kappa shape index (κ1) is 10.0. The van der Waals surface area contributed by atoms with E-state index in [2.05, 4.69) is 44.1 Å². The zero-order chi connectivity index (χ0) is 10.3. The van der Waals surface area contributed by atoms with Crippen molar-refractivity contribution in [3.8, 4) is 0 Å². The molecule has 0 aromatic carbocycles. The van der Waals surface area contributed by atoms with Crippen molar-refractivity contribution in [1.29, 1.82) is 0 Å². The Morgan fingerprint density at radius 3 is 2.64 bits per heavy atom. The molecule has 1 heterocycles. The molecule has 1 saturated carbocycles. The monoisotopic (exact) mass is 194 g/mol. The maximum atomic E-state index is 4.41. The third-order valence-corrected chi connectivity index (χ3v) is 4.01. The number of fused-ring (bicyclic) bond motifs is 1. The Hall–Kier alpha value is -0.530. The van der Waals surface area contributed by atoms with E-state index in [9.17, 15) is 0 Å². The van der Waals surface area contributed by atoms with Crippen molar-refractivity contribution in [2.45, 2.75) is 46.1 Å². The van der Waals surface area contributed by atoms with Crippen molar-refractivity contribution in [1.82, 2.24) is 5.01 Å². The molecule has 0 saturated heterocycles. The molecule has 0 spiro atoms. The third kappa shape index (κ3) is 1.67. The van der Waals surface area contributed by atoms with E-state index in [0.29, 0.717) is 11.5 Å². The fraction of sp³-hybridized carbons (Fsp3) is 0.917. The van der Waals surface area contributed by atoms with Crippen molar-refractivity contribution in [3.05, 3.63) is 0 Å². The summed E-state index contributed by atoms with van der Waals surface area (Å²) < 4.78 is 0. The van der Waals surface area contributed by atoms with Crippen LogP contribution in [0.1, 0.15) is 40.0 Å². The average molecular weight is 194 g/mol. The highest BCUT2D eigenvalue weighted by Gasteiger charge is 2.39. The molecule has 1 aliphatic carbocycles. The molecule has 0 bridgehead atoms. The van der Waals surface area contributed by atoms with Gasteiger partial charge < -0.3 is 0 Å². The minimum atomic E-state index is 0.467. The summed E-state index contributed by atoms with van der Waals surface area (Å²) in [6.07, 6.45) is 6.19. The predicted molar refractivity (Wildman–Crippen MR) is 60.3 cm³/mol. The van der Waals surface area contributed by atoms with Crippen molar-refractivity contribution in [3.63, 3.8) is 0 Å². The van der Waals surface area contributed by atoms with Gasteiger partial charge in [-0.15, -0.1) is 0 Å². The highest BCUT2D eigenvalue weighted by atomic mass is 15.5. The van der Waals surface area contributed by atoms with E-state index in [4.69, 9.17) is 0 Å². The summed E-state index contributed by atoms with van der Waals surface area (Å²) in [5.74, 6) is 1.60. The summed E-state index contributed by atoms with van der Waals surface area (Å²) in [5, 5.41) is 6.57. The second-order valence-corrected chi connectivity index (χ2v) is 5.95. The minimum Gasteiger partial charge on any atom is -0.297 e. The lowest BCUT2D eigenvalue weighted by Gasteiger charge is -2.40. The van der Waals surface area contributed by atoms with E-state index in [0.717, 1.165) is 11.8 Å². The highest BCUT2D eigenvalue weighted by Crippen LogP contribution is 2.42. The van der Waals surface area contributed by atoms with E-state index < -0.39 is 0 Å². The third-order valence-electron chi connectivity index (χ3n) is 4.01. The average Bonchev–Trinajstić information content (AvgIpc) is 2.46. The van der Waals surface area contributed by atoms with Crippen LogP contribution < -0.4 is 0 Å². The molecule has 2 nitrogen and oxygen atoms in total. The molecule has 80 valence electrons. The van der Waals surface area contributed by atoms with E-state index >= 15 is 0 Å². The lowest BCUT2D eigenvalue weighted by molar-refractivity contribution is 0.0965. The summed E-state index contributed by atoms with van der Waals surface area (Å²) in [4.78, 5) is 0. The Kier molecular flexibility index (Phi) is 2.32. The van der Waals surface area contributed by atoms with Gasteiger partial charge in [0.15, 0.2) is 0 Å². The second kappa shape index (κ2) is 3.25. The molecular formula is C12H22N2. The van der Waals surface area contributed by atoms with Crippen molar-refractivity contribution >= 4 is 6.21 Å². The Labute approximate surface area is 87.4 Å². The number of rotatable bonds is 0. The Morgan fingerprint density at radius 1 is 1.29 bits per heavy atom. The molecule has 3 atom stereocenters. The quantitative estimate of drug-likeness (QED) is 0.579. The van der Waals surface area contributed by atoms with E-state index in [1.165, 1.54) is 19.3 Å². The number of hydrogen-bond donors (Lipinski definition) is 0. The topological polar surface area (TPSA) is 15.6 Å². The summed E-state index contributed by atoms with van der Waals surface area (Å²) in [6, 6.07) is 0.688. The van der Waals surface area contributed by atoms with Crippen LogP contribution in [0.2, 0.25) is 0 Å². The van der Waals surface area contributed by atoms with Gasteiger partial charge in [-0.1, -0.05) is 20.8 Å². The molecule has 0 amide bonds. The molecule has 14 heavy (non-hydrogen) atoms. The van der Waals surface area contributed by atoms with Gasteiger partial charge in [-0.2, -0.15) is 5.10 Å². The molecule has 2 heteroatoms. The summed E-state index contributed by atoms with van der Waals surface area (Å²) in [6.45, 7) is 7.11. The van der Waals surface area contributed by atoms with Gasteiger partial charge in [0.25, 0.3) is 0 Å². The van der Waals surface area contributed by atoms with Gasteiger partial charge in [0, 0.05) is 19.2 Å². The first-order chi connectivity index (χ1) is 6.48. The first-order valence-corrected chi connectivity index (χ1v) is 5.75. The number of hydrazone groups is 1. The van der Waals surface area contributed by atoms with E-state index in [1.807, 2.05) is 0 Å². The molecule has 1 fully saturated rings. The maximum Gasteiger partial charge on any atom is 0.0548 e. The Balaban J connectivity index is 2.04. The van der Waals surface area contributed by atoms with Gasteiger partial charge in [0.1, 0.15) is 0 Å². The summed E-state index contributed by atoms with van der Waals surface area (Å²) in [7, 11) is 2.12. The van der Waals surface area contributed by atoms with E-state index in [1.54, 1.807) is 0 Å². The SMILES string of the molecule is CN1N=CC2CCC(C(C)(C)C)CC21. The summed E-state index contributed by atoms with van der Waals surface area (Å²) >= 11 is 0. The van der Waals surface area contributed by atoms with Crippen LogP contribution in [-0.4, -0.2) is 24.3 Å². The first-order valence-electron chi connectivity index (χ1n) is 5.75. The fourth-order valence-electron chi connectivity index (χ4n) is 2.84. The molecule has 0 radical (unpaired) electrons. The summed E-state index contributed by atoms with van der Waals surface area (Å²) in [5.41, 5.74) is 0.467. The van der Waals surface area contributed by atoms with Gasteiger partial charge in [0.2, 0.25) is 0 Å². The van der Waals surface area contributed by atoms with Gasteiger partial charge in [0.05, 0.1) is 6.04 Å². The fourth-order valence-corrected chi connectivity index (χ4v) is 2.84. The maximum absolute atomic E-state index is 4.41. The normalized spacial score (nSPS) is 37.4. The van der Waals surface area contributed by atoms with Crippen LogP contribution in [0.25, 0.3) is 0 Å². The van der Waals surface area contributed by atoms with Crippen molar-refractivity contribution in [2.75, 3.05) is 7.05 Å². The van der Waals surface area contributed by atoms with Crippen molar-refractivity contribution in [2.24, 2.45) is 22.4 Å². The molecular weight excluding hydrogens is 172 g/mol. The lowest BCUT2D eigenvalue weighted by Crippen LogP contribution is -2.39. The lowest BCUT2D eigenvalue weighted by atomic mass is 9.68. The molecule has 1 aliphatic heterocycles. The number of hydrogen-bond acceptors (Lipinski definition) is 2. The smallest absolute Gasteiger partial charge is 0.0548 e. The van der Waals surface area contributed by atoms with Crippen LogP contribution in [0, 0.1) is 17.3 Å².